The Morgan fingerprint density at radius 1 is 1.11 bits per heavy atom. The number of hydrogen-bond acceptors (Lipinski definition) is 4. The van der Waals surface area contributed by atoms with E-state index < -0.39 is 0 Å². The Morgan fingerprint density at radius 3 is 2.37 bits per heavy atom. The molecule has 2 aromatic carbocycles. The summed E-state index contributed by atoms with van der Waals surface area (Å²) >= 11 is 1.78. The van der Waals surface area contributed by atoms with Gasteiger partial charge in [0.15, 0.2) is 0 Å². The summed E-state index contributed by atoms with van der Waals surface area (Å²) in [5.74, 6) is 1.81. The average molecular weight is 385 g/mol. The molecular formula is C22H28N2O2S. The summed E-state index contributed by atoms with van der Waals surface area (Å²) in [6.45, 7) is 2.77. The van der Waals surface area contributed by atoms with Gasteiger partial charge in [0.05, 0.1) is 13.2 Å². The van der Waals surface area contributed by atoms with Gasteiger partial charge in [-0.25, -0.2) is 0 Å². The van der Waals surface area contributed by atoms with Crippen LogP contribution in [0.1, 0.15) is 40.4 Å². The van der Waals surface area contributed by atoms with Crippen molar-refractivity contribution in [2.75, 3.05) is 33.0 Å². The number of carbonyl (C=O) groups excluding carboxylic acids is 1. The Balaban J connectivity index is 1.67. The van der Waals surface area contributed by atoms with E-state index in [1.807, 2.05) is 36.4 Å². The highest BCUT2D eigenvalue weighted by Crippen LogP contribution is 2.26. The van der Waals surface area contributed by atoms with Crippen molar-refractivity contribution < 1.29 is 9.53 Å². The minimum Gasteiger partial charge on any atom is -0.497 e. The topological polar surface area (TPSA) is 41.6 Å². The highest BCUT2D eigenvalue weighted by Gasteiger charge is 2.24. The molecule has 3 rings (SSSR count). The Morgan fingerprint density at radius 2 is 1.78 bits per heavy atom. The van der Waals surface area contributed by atoms with E-state index in [2.05, 4.69) is 28.6 Å². The van der Waals surface area contributed by atoms with Gasteiger partial charge in [0.2, 0.25) is 0 Å². The maximum atomic E-state index is 12.6. The van der Waals surface area contributed by atoms with Gasteiger partial charge in [-0.2, -0.15) is 11.8 Å². The maximum Gasteiger partial charge on any atom is 0.251 e. The van der Waals surface area contributed by atoms with Gasteiger partial charge in [0, 0.05) is 17.9 Å². The Kier molecular flexibility index (Phi) is 7.18. The Hall–Kier alpha value is -1.98. The zero-order valence-corrected chi connectivity index (χ0v) is 16.9. The predicted molar refractivity (Wildman–Crippen MR) is 113 cm³/mol. The summed E-state index contributed by atoms with van der Waals surface area (Å²) < 4.78 is 5.27. The number of amides is 1. The number of thioether (sulfide) groups is 1. The summed E-state index contributed by atoms with van der Waals surface area (Å²) in [6, 6.07) is 16.3. The molecule has 1 fully saturated rings. The Labute approximate surface area is 166 Å². The van der Waals surface area contributed by atoms with E-state index in [4.69, 9.17) is 4.74 Å². The summed E-state index contributed by atoms with van der Waals surface area (Å²) in [6.07, 6.45) is 4.52. The number of nitrogens with zero attached hydrogens (tertiary/aromatic N) is 1. The summed E-state index contributed by atoms with van der Waals surface area (Å²) in [5, 5.41) is 3.14. The molecule has 1 aliphatic rings. The third-order valence-electron chi connectivity index (χ3n) is 5.07. The number of benzene rings is 2. The summed E-state index contributed by atoms with van der Waals surface area (Å²) in [5.41, 5.74) is 3.18. The van der Waals surface area contributed by atoms with Crippen molar-refractivity contribution in [1.82, 2.24) is 10.2 Å². The lowest BCUT2D eigenvalue weighted by Crippen LogP contribution is -2.36. The summed E-state index contributed by atoms with van der Waals surface area (Å²) in [4.78, 5) is 15.1. The molecule has 0 saturated carbocycles. The molecule has 0 radical (unpaired) electrons. The number of nitrogens with one attached hydrogen (secondary N) is 1. The molecule has 0 aromatic heterocycles. The van der Waals surface area contributed by atoms with Crippen LogP contribution in [-0.4, -0.2) is 43.8 Å². The number of methoxy groups -OCH3 is 1. The molecule has 4 nitrogen and oxygen atoms in total. The lowest BCUT2D eigenvalue weighted by Gasteiger charge is -2.28. The summed E-state index contributed by atoms with van der Waals surface area (Å²) in [7, 11) is 1.68. The van der Waals surface area contributed by atoms with Crippen LogP contribution in [0.2, 0.25) is 0 Å². The Bertz CT molecular complexity index is 725. The highest BCUT2D eigenvalue weighted by molar-refractivity contribution is 7.97. The molecule has 1 aliphatic heterocycles. The van der Waals surface area contributed by atoms with Crippen molar-refractivity contribution in [3.8, 4) is 5.75 Å². The highest BCUT2D eigenvalue weighted by atomic mass is 32.2. The molecule has 1 amide bonds. The van der Waals surface area contributed by atoms with Crippen molar-refractivity contribution in [2.24, 2.45) is 0 Å². The van der Waals surface area contributed by atoms with E-state index in [1.165, 1.54) is 24.0 Å². The number of hydrogen-bond donors (Lipinski definition) is 1. The molecule has 0 bridgehead atoms. The van der Waals surface area contributed by atoms with Crippen molar-refractivity contribution in [1.29, 1.82) is 0 Å². The fourth-order valence-corrected chi connectivity index (χ4v) is 4.07. The van der Waals surface area contributed by atoms with Gasteiger partial charge in [-0.15, -0.1) is 0 Å². The van der Waals surface area contributed by atoms with E-state index in [0.29, 0.717) is 6.54 Å². The van der Waals surface area contributed by atoms with Crippen LogP contribution in [0.3, 0.4) is 0 Å². The van der Waals surface area contributed by atoms with Crippen LogP contribution in [0.4, 0.5) is 0 Å². The third kappa shape index (κ3) is 5.27. The molecule has 0 aliphatic carbocycles. The number of likely N-dealkylation sites (tertiary alicyclic amines) is 1. The molecule has 0 unspecified atom stereocenters. The maximum absolute atomic E-state index is 12.6. The zero-order valence-electron chi connectivity index (χ0n) is 16.1. The van der Waals surface area contributed by atoms with E-state index in [-0.39, 0.29) is 11.9 Å². The first-order valence-corrected chi connectivity index (χ1v) is 10.8. The molecular weight excluding hydrogens is 356 g/mol. The lowest BCUT2D eigenvalue weighted by atomic mass is 10.0. The van der Waals surface area contributed by atoms with Gasteiger partial charge in [-0.3, -0.25) is 9.69 Å². The fraction of sp³-hybridized carbons (Fsp3) is 0.409. The number of rotatable bonds is 8. The molecule has 0 spiro atoms. The average Bonchev–Trinajstić information content (AvgIpc) is 3.24. The largest absolute Gasteiger partial charge is 0.497 e. The SMILES string of the molecule is COc1ccc([C@H](CNC(=O)c2ccc(CSC)cc2)N2CCCC2)cc1. The minimum absolute atomic E-state index is 0.0107. The number of ether oxygens (including phenoxy) is 1. The van der Waals surface area contributed by atoms with Crippen molar-refractivity contribution >= 4 is 17.7 Å². The van der Waals surface area contributed by atoms with Crippen molar-refractivity contribution in [3.05, 3.63) is 65.2 Å². The molecule has 1 heterocycles. The monoisotopic (exact) mass is 384 g/mol. The van der Waals surface area contributed by atoms with E-state index in [9.17, 15) is 4.79 Å². The molecule has 1 N–H and O–H groups in total. The quantitative estimate of drug-likeness (QED) is 0.743. The molecule has 1 saturated heterocycles. The van der Waals surface area contributed by atoms with E-state index in [1.54, 1.807) is 18.9 Å². The van der Waals surface area contributed by atoms with Gasteiger partial charge in [-0.1, -0.05) is 24.3 Å². The van der Waals surface area contributed by atoms with Crippen LogP contribution in [0, 0.1) is 0 Å². The molecule has 5 heteroatoms. The van der Waals surface area contributed by atoms with Gasteiger partial charge >= 0.3 is 0 Å². The number of carbonyl (C=O) groups is 1. The van der Waals surface area contributed by atoms with E-state index >= 15 is 0 Å². The second kappa shape index (κ2) is 9.81. The molecule has 27 heavy (non-hydrogen) atoms. The van der Waals surface area contributed by atoms with E-state index in [0.717, 1.165) is 30.2 Å². The van der Waals surface area contributed by atoms with Crippen molar-refractivity contribution in [2.45, 2.75) is 24.6 Å². The lowest BCUT2D eigenvalue weighted by molar-refractivity contribution is 0.0938. The smallest absolute Gasteiger partial charge is 0.251 e. The van der Waals surface area contributed by atoms with Crippen LogP contribution < -0.4 is 10.1 Å². The van der Waals surface area contributed by atoms with Crippen molar-refractivity contribution in [3.63, 3.8) is 0 Å². The fourth-order valence-electron chi connectivity index (χ4n) is 3.55. The van der Waals surface area contributed by atoms with Crippen LogP contribution >= 0.6 is 11.8 Å². The first kappa shape index (κ1) is 19.8. The normalized spacial score (nSPS) is 15.5. The van der Waals surface area contributed by atoms with Gasteiger partial charge in [0.1, 0.15) is 5.75 Å². The minimum atomic E-state index is -0.0107. The van der Waals surface area contributed by atoms with Crippen LogP contribution in [0.15, 0.2) is 48.5 Å². The van der Waals surface area contributed by atoms with Gasteiger partial charge in [-0.05, 0) is 67.6 Å². The van der Waals surface area contributed by atoms with Crippen LogP contribution in [0.5, 0.6) is 5.75 Å². The van der Waals surface area contributed by atoms with Crippen LogP contribution in [-0.2, 0) is 5.75 Å². The first-order chi connectivity index (χ1) is 13.2. The molecule has 2 aromatic rings. The second-order valence-corrected chi connectivity index (χ2v) is 7.74. The molecule has 1 atom stereocenters. The second-order valence-electron chi connectivity index (χ2n) is 6.87. The predicted octanol–water partition coefficient (Wildman–Crippen LogP) is 4.13. The molecule has 144 valence electrons. The first-order valence-electron chi connectivity index (χ1n) is 9.45. The standard InChI is InChI=1S/C22H28N2O2S/c1-26-20-11-9-18(10-12-20)21(24-13-3-4-14-24)15-23-22(25)19-7-5-17(6-8-19)16-27-2/h5-12,21H,3-4,13-16H2,1-2H3,(H,23,25)/t21-/m0/s1. The van der Waals surface area contributed by atoms with Crippen LogP contribution in [0.25, 0.3) is 0 Å². The van der Waals surface area contributed by atoms with Gasteiger partial charge in [0.25, 0.3) is 5.91 Å². The zero-order chi connectivity index (χ0) is 19.1. The van der Waals surface area contributed by atoms with Gasteiger partial charge < -0.3 is 10.1 Å². The third-order valence-corrected chi connectivity index (χ3v) is 5.69.